The molecule has 0 unspecified atom stereocenters. The zero-order valence-electron chi connectivity index (χ0n) is 8.68. The van der Waals surface area contributed by atoms with Gasteiger partial charge < -0.3 is 9.53 Å². The molecule has 80 valence electrons. The summed E-state index contributed by atoms with van der Waals surface area (Å²) in [5.74, 6) is -0.497. The van der Waals surface area contributed by atoms with E-state index >= 15 is 0 Å². The summed E-state index contributed by atoms with van der Waals surface area (Å²) < 4.78 is 4.53. The second-order valence-corrected chi connectivity index (χ2v) is 3.27. The normalized spacial score (nSPS) is 11.8. The van der Waals surface area contributed by atoms with Gasteiger partial charge in [-0.25, -0.2) is 0 Å². The first-order chi connectivity index (χ1) is 7.27. The second kappa shape index (κ2) is 5.96. The van der Waals surface area contributed by atoms with Gasteiger partial charge in [-0.1, -0.05) is 30.3 Å². The lowest BCUT2D eigenvalue weighted by Crippen LogP contribution is -2.06. The highest BCUT2D eigenvalue weighted by Crippen LogP contribution is 2.18. The molecule has 0 heterocycles. The van der Waals surface area contributed by atoms with Crippen molar-refractivity contribution in [3.63, 3.8) is 0 Å². The fraction of sp³-hybridized carbons (Fsp3) is 0.333. The molecule has 3 heteroatoms. The van der Waals surface area contributed by atoms with Gasteiger partial charge in [0.2, 0.25) is 0 Å². The monoisotopic (exact) mass is 206 g/mol. The fourth-order valence-electron chi connectivity index (χ4n) is 1.39. The summed E-state index contributed by atoms with van der Waals surface area (Å²) in [4.78, 5) is 21.8. The minimum absolute atomic E-state index is 0.217. The summed E-state index contributed by atoms with van der Waals surface area (Å²) in [7, 11) is 1.35. The largest absolute Gasteiger partial charge is 0.469 e. The molecule has 3 nitrogen and oxygen atoms in total. The van der Waals surface area contributed by atoms with E-state index < -0.39 is 0 Å². The van der Waals surface area contributed by atoms with Crippen LogP contribution in [0.3, 0.4) is 0 Å². The van der Waals surface area contributed by atoms with Crippen molar-refractivity contribution < 1.29 is 14.3 Å². The lowest BCUT2D eigenvalue weighted by Gasteiger charge is -2.09. The molecule has 0 fully saturated rings. The van der Waals surface area contributed by atoms with E-state index in [0.29, 0.717) is 6.42 Å². The molecule has 0 aliphatic carbocycles. The zero-order valence-corrected chi connectivity index (χ0v) is 8.68. The van der Waals surface area contributed by atoms with Gasteiger partial charge in [-0.3, -0.25) is 4.79 Å². The van der Waals surface area contributed by atoms with Gasteiger partial charge >= 0.3 is 5.97 Å². The van der Waals surface area contributed by atoms with Crippen LogP contribution in [0.2, 0.25) is 0 Å². The van der Waals surface area contributed by atoms with E-state index in [9.17, 15) is 9.59 Å². The highest BCUT2D eigenvalue weighted by Gasteiger charge is 2.12. The van der Waals surface area contributed by atoms with Crippen molar-refractivity contribution >= 4 is 12.3 Å². The topological polar surface area (TPSA) is 43.4 Å². The molecule has 0 saturated carbocycles. The molecule has 15 heavy (non-hydrogen) atoms. The van der Waals surface area contributed by atoms with Crippen LogP contribution in [0.25, 0.3) is 0 Å². The zero-order chi connectivity index (χ0) is 11.1. The fourth-order valence-corrected chi connectivity index (χ4v) is 1.39. The van der Waals surface area contributed by atoms with Crippen molar-refractivity contribution in [3.8, 4) is 0 Å². The molecule has 0 saturated heterocycles. The number of esters is 1. The number of carbonyl (C=O) groups excluding carboxylic acids is 2. The summed E-state index contributed by atoms with van der Waals surface area (Å²) in [6.07, 6.45) is 1.65. The number of aldehydes is 1. The van der Waals surface area contributed by atoms with Gasteiger partial charge in [-0.15, -0.1) is 0 Å². The summed E-state index contributed by atoms with van der Waals surface area (Å²) in [6.45, 7) is 0. The van der Waals surface area contributed by atoms with Crippen molar-refractivity contribution in [3.05, 3.63) is 35.9 Å². The Morgan fingerprint density at radius 1 is 1.40 bits per heavy atom. The van der Waals surface area contributed by atoms with Gasteiger partial charge in [0.15, 0.2) is 0 Å². The number of methoxy groups -OCH3 is 1. The minimum atomic E-state index is -0.280. The van der Waals surface area contributed by atoms with Gasteiger partial charge in [0.1, 0.15) is 6.29 Å². The van der Waals surface area contributed by atoms with E-state index in [1.807, 2.05) is 30.3 Å². The van der Waals surface area contributed by atoms with E-state index in [1.54, 1.807) is 0 Å². The molecular weight excluding hydrogens is 192 g/mol. The molecule has 0 amide bonds. The molecule has 0 radical (unpaired) electrons. The van der Waals surface area contributed by atoms with Crippen molar-refractivity contribution in [1.29, 1.82) is 0 Å². The number of rotatable bonds is 5. The van der Waals surface area contributed by atoms with Crippen LogP contribution in [-0.2, 0) is 14.3 Å². The predicted octanol–water partition coefficient (Wildman–Crippen LogP) is 1.92. The first-order valence-electron chi connectivity index (χ1n) is 4.85. The molecule has 1 atom stereocenters. The standard InChI is InChI=1S/C12H14O3/c1-15-12(14)8-7-11(9-13)10-5-3-2-4-6-10/h2-6,9,11H,7-8H2,1H3/t11-/m0/s1. The molecule has 0 bridgehead atoms. The third kappa shape index (κ3) is 3.54. The predicted molar refractivity (Wildman–Crippen MR) is 56.5 cm³/mol. The lowest BCUT2D eigenvalue weighted by atomic mass is 9.96. The maximum Gasteiger partial charge on any atom is 0.305 e. The van der Waals surface area contributed by atoms with E-state index in [2.05, 4.69) is 4.74 Å². The smallest absolute Gasteiger partial charge is 0.305 e. The van der Waals surface area contributed by atoms with Crippen LogP contribution < -0.4 is 0 Å². The second-order valence-electron chi connectivity index (χ2n) is 3.27. The third-order valence-electron chi connectivity index (χ3n) is 2.28. The number of benzene rings is 1. The third-order valence-corrected chi connectivity index (χ3v) is 2.28. The van der Waals surface area contributed by atoms with Crippen molar-refractivity contribution in [2.75, 3.05) is 7.11 Å². The average Bonchev–Trinajstić information content (AvgIpc) is 2.31. The van der Waals surface area contributed by atoms with Gasteiger partial charge in [0, 0.05) is 12.3 Å². The summed E-state index contributed by atoms with van der Waals surface area (Å²) in [6, 6.07) is 9.42. The Kier molecular flexibility index (Phi) is 4.54. The van der Waals surface area contributed by atoms with E-state index in [0.717, 1.165) is 11.8 Å². The summed E-state index contributed by atoms with van der Waals surface area (Å²) in [5, 5.41) is 0. The van der Waals surface area contributed by atoms with Gasteiger partial charge in [-0.05, 0) is 12.0 Å². The highest BCUT2D eigenvalue weighted by molar-refractivity contribution is 5.70. The van der Waals surface area contributed by atoms with E-state index in [-0.39, 0.29) is 18.3 Å². The minimum Gasteiger partial charge on any atom is -0.469 e. The highest BCUT2D eigenvalue weighted by atomic mass is 16.5. The number of hydrogen-bond donors (Lipinski definition) is 0. The molecule has 0 spiro atoms. The summed E-state index contributed by atoms with van der Waals surface area (Å²) in [5.41, 5.74) is 0.941. The van der Waals surface area contributed by atoms with Crippen LogP contribution in [0.1, 0.15) is 24.3 Å². The molecule has 0 N–H and O–H groups in total. The number of ether oxygens (including phenoxy) is 1. The molecule has 1 aromatic rings. The Balaban J connectivity index is 2.57. The average molecular weight is 206 g/mol. The SMILES string of the molecule is COC(=O)CC[C@@H](C=O)c1ccccc1. The van der Waals surface area contributed by atoms with E-state index in [1.165, 1.54) is 7.11 Å². The van der Waals surface area contributed by atoms with Gasteiger partial charge in [-0.2, -0.15) is 0 Å². The van der Waals surface area contributed by atoms with Crippen LogP contribution in [0, 0.1) is 0 Å². The van der Waals surface area contributed by atoms with Crippen molar-refractivity contribution in [2.45, 2.75) is 18.8 Å². The lowest BCUT2D eigenvalue weighted by molar-refractivity contribution is -0.140. The molecule has 1 aromatic carbocycles. The van der Waals surface area contributed by atoms with Crippen LogP contribution in [0.15, 0.2) is 30.3 Å². The van der Waals surface area contributed by atoms with Gasteiger partial charge in [0.05, 0.1) is 7.11 Å². The summed E-state index contributed by atoms with van der Waals surface area (Å²) >= 11 is 0. The number of hydrogen-bond acceptors (Lipinski definition) is 3. The molecule has 0 aromatic heterocycles. The van der Waals surface area contributed by atoms with Crippen molar-refractivity contribution in [1.82, 2.24) is 0 Å². The Morgan fingerprint density at radius 2 is 2.07 bits per heavy atom. The van der Waals surface area contributed by atoms with E-state index in [4.69, 9.17) is 0 Å². The molecule has 0 aliphatic rings. The first-order valence-corrected chi connectivity index (χ1v) is 4.85. The van der Waals surface area contributed by atoms with Gasteiger partial charge in [0.25, 0.3) is 0 Å². The molecule has 0 aliphatic heterocycles. The Bertz CT molecular complexity index is 319. The number of carbonyl (C=O) groups is 2. The van der Waals surface area contributed by atoms with Crippen LogP contribution in [0.5, 0.6) is 0 Å². The Morgan fingerprint density at radius 3 is 2.60 bits per heavy atom. The van der Waals surface area contributed by atoms with Crippen LogP contribution >= 0.6 is 0 Å². The molecule has 1 rings (SSSR count). The first kappa shape index (κ1) is 11.4. The van der Waals surface area contributed by atoms with Crippen molar-refractivity contribution in [2.24, 2.45) is 0 Å². The maximum absolute atomic E-state index is 10.9. The molecular formula is C12H14O3. The quantitative estimate of drug-likeness (QED) is 0.546. The van der Waals surface area contributed by atoms with Crippen LogP contribution in [0.4, 0.5) is 0 Å². The van der Waals surface area contributed by atoms with Crippen LogP contribution in [-0.4, -0.2) is 19.4 Å². The maximum atomic E-state index is 10.9. The Labute approximate surface area is 89.1 Å². The Hall–Kier alpha value is -1.64.